The molecule has 0 heterocycles. The molecule has 0 saturated carbocycles. The Kier molecular flexibility index (Phi) is 6.03. The molecule has 15 heteroatoms. The van der Waals surface area contributed by atoms with E-state index in [0.29, 0.717) is 12.1 Å². The number of benzene rings is 1. The highest BCUT2D eigenvalue weighted by molar-refractivity contribution is 5.62. The lowest BCUT2D eigenvalue weighted by Gasteiger charge is -2.39. The standard InChI is InChI=1S/C14H5F15/c15-7(6-4-2-1-3-5-6)8(16)9(17,18)10(19,20)11(21,22)12(23,24)13(25,26)14(27,28)29/h1-5H/b8-7+. The summed E-state index contributed by atoms with van der Waals surface area (Å²) in [5, 5.41) is 0. The fraction of sp³-hybridized carbons (Fsp3) is 0.429. The van der Waals surface area contributed by atoms with Crippen molar-refractivity contribution >= 4 is 5.83 Å². The summed E-state index contributed by atoms with van der Waals surface area (Å²) in [6.45, 7) is 0. The van der Waals surface area contributed by atoms with Crippen LogP contribution in [0.25, 0.3) is 5.83 Å². The number of alkyl halides is 13. The maximum absolute atomic E-state index is 13.6. The zero-order valence-corrected chi connectivity index (χ0v) is 13.1. The van der Waals surface area contributed by atoms with Crippen molar-refractivity contribution < 1.29 is 65.9 Å². The first-order valence-corrected chi connectivity index (χ1v) is 6.75. The molecule has 0 aliphatic rings. The van der Waals surface area contributed by atoms with Crippen LogP contribution >= 0.6 is 0 Å². The molecule has 0 saturated heterocycles. The van der Waals surface area contributed by atoms with Crippen LogP contribution in [0.15, 0.2) is 36.2 Å². The summed E-state index contributed by atoms with van der Waals surface area (Å²) in [5.74, 6) is -46.6. The van der Waals surface area contributed by atoms with Crippen molar-refractivity contribution in [3.05, 3.63) is 41.7 Å². The first-order valence-electron chi connectivity index (χ1n) is 6.75. The maximum Gasteiger partial charge on any atom is 0.460 e. The van der Waals surface area contributed by atoms with Gasteiger partial charge in [-0.2, -0.15) is 57.1 Å². The molecular weight excluding hydrogens is 453 g/mol. The zero-order valence-electron chi connectivity index (χ0n) is 13.1. The van der Waals surface area contributed by atoms with E-state index in [-0.39, 0.29) is 0 Å². The normalized spacial score (nSPS) is 16.0. The van der Waals surface area contributed by atoms with Crippen LogP contribution in [0.4, 0.5) is 65.9 Å². The van der Waals surface area contributed by atoms with Gasteiger partial charge in [-0.25, -0.2) is 8.78 Å². The lowest BCUT2D eigenvalue weighted by molar-refractivity contribution is -0.437. The molecule has 0 nitrogen and oxygen atoms in total. The van der Waals surface area contributed by atoms with Crippen molar-refractivity contribution in [2.45, 2.75) is 35.8 Å². The van der Waals surface area contributed by atoms with Gasteiger partial charge >= 0.3 is 35.8 Å². The Bertz CT molecular complexity index is 757. The third-order valence-electron chi connectivity index (χ3n) is 3.43. The van der Waals surface area contributed by atoms with Crippen molar-refractivity contribution in [2.75, 3.05) is 0 Å². The lowest BCUT2D eigenvalue weighted by atomic mass is 9.93. The second kappa shape index (κ2) is 7.00. The molecule has 29 heavy (non-hydrogen) atoms. The number of hydrogen-bond donors (Lipinski definition) is 0. The van der Waals surface area contributed by atoms with Gasteiger partial charge in [0.15, 0.2) is 5.83 Å². The minimum Gasteiger partial charge on any atom is -0.203 e. The molecule has 1 rings (SSSR count). The summed E-state index contributed by atoms with van der Waals surface area (Å²) in [4.78, 5) is 0. The Morgan fingerprint density at radius 2 is 0.897 bits per heavy atom. The molecule has 0 spiro atoms. The molecule has 0 aliphatic heterocycles. The number of allylic oxidation sites excluding steroid dienone is 1. The summed E-state index contributed by atoms with van der Waals surface area (Å²) >= 11 is 0. The first kappa shape index (κ1) is 24.9. The van der Waals surface area contributed by atoms with Crippen molar-refractivity contribution in [3.63, 3.8) is 0 Å². The van der Waals surface area contributed by atoms with E-state index in [0.717, 1.165) is 18.2 Å². The molecule has 0 radical (unpaired) electrons. The molecule has 0 aromatic heterocycles. The van der Waals surface area contributed by atoms with Gasteiger partial charge in [-0.3, -0.25) is 0 Å². The lowest BCUT2D eigenvalue weighted by Crippen LogP contribution is -2.70. The second-order valence-corrected chi connectivity index (χ2v) is 5.36. The first-order chi connectivity index (χ1) is 12.7. The van der Waals surface area contributed by atoms with Gasteiger partial charge in [-0.05, 0) is 0 Å². The van der Waals surface area contributed by atoms with Crippen LogP contribution < -0.4 is 0 Å². The van der Waals surface area contributed by atoms with Gasteiger partial charge < -0.3 is 0 Å². The quantitative estimate of drug-likeness (QED) is 0.402. The summed E-state index contributed by atoms with van der Waals surface area (Å²) in [6.07, 6.45) is -7.59. The van der Waals surface area contributed by atoms with Gasteiger partial charge in [-0.1, -0.05) is 30.3 Å². The van der Waals surface area contributed by atoms with Gasteiger partial charge in [0, 0.05) is 5.56 Å². The van der Waals surface area contributed by atoms with Gasteiger partial charge in [-0.15, -0.1) is 0 Å². The molecule has 0 amide bonds. The Morgan fingerprint density at radius 3 is 1.28 bits per heavy atom. The van der Waals surface area contributed by atoms with E-state index < -0.39 is 53.0 Å². The maximum atomic E-state index is 13.6. The van der Waals surface area contributed by atoms with Crippen LogP contribution in [-0.2, 0) is 0 Å². The van der Waals surface area contributed by atoms with E-state index in [4.69, 9.17) is 0 Å². The van der Waals surface area contributed by atoms with Crippen LogP contribution in [-0.4, -0.2) is 35.8 Å². The zero-order chi connectivity index (χ0) is 23.3. The summed E-state index contributed by atoms with van der Waals surface area (Å²) in [5.41, 5.74) is -1.28. The molecule has 0 N–H and O–H groups in total. The van der Waals surface area contributed by atoms with Crippen molar-refractivity contribution in [1.29, 1.82) is 0 Å². The number of rotatable bonds is 6. The molecule has 0 unspecified atom stereocenters. The number of halogens is 15. The van der Waals surface area contributed by atoms with Crippen LogP contribution in [0.1, 0.15) is 5.56 Å². The second-order valence-electron chi connectivity index (χ2n) is 5.36. The Labute approximate surface area is 150 Å². The summed E-state index contributed by atoms with van der Waals surface area (Å²) in [7, 11) is 0. The smallest absolute Gasteiger partial charge is 0.203 e. The fourth-order valence-electron chi connectivity index (χ4n) is 1.76. The van der Waals surface area contributed by atoms with Crippen LogP contribution in [0, 0.1) is 0 Å². The van der Waals surface area contributed by atoms with E-state index >= 15 is 0 Å². The monoisotopic (exact) mass is 458 g/mol. The Balaban J connectivity index is 3.62. The van der Waals surface area contributed by atoms with E-state index in [9.17, 15) is 65.9 Å². The van der Waals surface area contributed by atoms with Crippen LogP contribution in [0.3, 0.4) is 0 Å². The molecule has 0 bridgehead atoms. The Hall–Kier alpha value is -2.09. The van der Waals surface area contributed by atoms with E-state index in [2.05, 4.69) is 0 Å². The highest BCUT2D eigenvalue weighted by Gasteiger charge is 2.91. The summed E-state index contributed by atoms with van der Waals surface area (Å²) < 4.78 is 194. The van der Waals surface area contributed by atoms with Crippen LogP contribution in [0.5, 0.6) is 0 Å². The molecule has 0 atom stereocenters. The predicted molar refractivity (Wildman–Crippen MR) is 66.4 cm³/mol. The van der Waals surface area contributed by atoms with Gasteiger partial charge in [0.25, 0.3) is 0 Å². The minimum absolute atomic E-state index is 0.438. The Morgan fingerprint density at radius 1 is 0.517 bits per heavy atom. The fourth-order valence-corrected chi connectivity index (χ4v) is 1.76. The van der Waals surface area contributed by atoms with Crippen LogP contribution in [0.2, 0.25) is 0 Å². The molecule has 166 valence electrons. The van der Waals surface area contributed by atoms with E-state index in [1.54, 1.807) is 0 Å². The predicted octanol–water partition coefficient (Wildman–Crippen LogP) is 7.03. The molecular formula is C14H5F15. The third-order valence-corrected chi connectivity index (χ3v) is 3.43. The SMILES string of the molecule is F/C(=C(/F)C(F)(F)C(F)(F)C(F)(F)C(F)(F)C(F)(F)C(F)(F)F)c1ccccc1. The van der Waals surface area contributed by atoms with E-state index in [1.807, 2.05) is 0 Å². The van der Waals surface area contributed by atoms with Gasteiger partial charge in [0.1, 0.15) is 0 Å². The van der Waals surface area contributed by atoms with E-state index in [1.165, 1.54) is 0 Å². The van der Waals surface area contributed by atoms with Crippen molar-refractivity contribution in [3.8, 4) is 0 Å². The highest BCUT2D eigenvalue weighted by Crippen LogP contribution is 2.61. The molecule has 1 aromatic carbocycles. The topological polar surface area (TPSA) is 0 Å². The average Bonchev–Trinajstić information content (AvgIpc) is 2.59. The molecule has 1 aromatic rings. The van der Waals surface area contributed by atoms with Gasteiger partial charge in [0.05, 0.1) is 0 Å². The minimum atomic E-state index is -8.20. The average molecular weight is 458 g/mol. The largest absolute Gasteiger partial charge is 0.460 e. The van der Waals surface area contributed by atoms with Crippen molar-refractivity contribution in [2.24, 2.45) is 0 Å². The molecule has 0 aliphatic carbocycles. The van der Waals surface area contributed by atoms with Crippen molar-refractivity contribution in [1.82, 2.24) is 0 Å². The number of hydrogen-bond acceptors (Lipinski definition) is 0. The van der Waals surface area contributed by atoms with Gasteiger partial charge in [0.2, 0.25) is 5.83 Å². The highest BCUT2D eigenvalue weighted by atomic mass is 19.4. The third kappa shape index (κ3) is 3.52. The summed E-state index contributed by atoms with van der Waals surface area (Å²) in [6, 6.07) is 3.56. The molecule has 0 fully saturated rings.